The summed E-state index contributed by atoms with van der Waals surface area (Å²) in [5, 5.41) is 6.79. The number of hydrogen-bond acceptors (Lipinski definition) is 3. The molecule has 2 N–H and O–H groups in total. The normalized spacial score (nSPS) is 23.4. The largest absolute Gasteiger partial charge is 0.355 e. The van der Waals surface area contributed by atoms with Gasteiger partial charge in [-0.1, -0.05) is 6.92 Å². The maximum Gasteiger partial charge on any atom is 0.221 e. The average Bonchev–Trinajstić information content (AvgIpc) is 2.66. The monoisotopic (exact) mass is 216 g/mol. The molecule has 0 bridgehead atoms. The fraction of sp³-hybridized carbons (Fsp3) is 0.900. The summed E-state index contributed by atoms with van der Waals surface area (Å²) in [4.78, 5) is 11.5. The Morgan fingerprint density at radius 2 is 2.50 bits per heavy atom. The van der Waals surface area contributed by atoms with Crippen molar-refractivity contribution in [3.8, 4) is 0 Å². The molecule has 1 aliphatic rings. The molecule has 2 unspecified atom stereocenters. The molecule has 2 atom stereocenters. The molecule has 0 spiro atoms. The molecule has 0 radical (unpaired) electrons. The van der Waals surface area contributed by atoms with Crippen molar-refractivity contribution in [3.05, 3.63) is 0 Å². The fourth-order valence-corrected chi connectivity index (χ4v) is 1.82. The Morgan fingerprint density at radius 3 is 3.07 bits per heavy atom. The molecule has 0 aromatic rings. The molecule has 82 valence electrons. The van der Waals surface area contributed by atoms with Crippen LogP contribution in [0.5, 0.6) is 0 Å². The van der Waals surface area contributed by atoms with Crippen LogP contribution in [-0.2, 0) is 4.79 Å². The highest BCUT2D eigenvalue weighted by atomic mass is 32.2. The molecule has 0 aromatic heterocycles. The summed E-state index contributed by atoms with van der Waals surface area (Å²) in [5.41, 5.74) is 0. The van der Waals surface area contributed by atoms with Gasteiger partial charge in [-0.05, 0) is 25.6 Å². The van der Waals surface area contributed by atoms with Gasteiger partial charge in [-0.2, -0.15) is 11.8 Å². The highest BCUT2D eigenvalue weighted by Gasteiger charge is 2.17. The summed E-state index contributed by atoms with van der Waals surface area (Å²) in [7, 11) is 0. The summed E-state index contributed by atoms with van der Waals surface area (Å²) in [6.07, 6.45) is 5.06. The third-order valence-electron chi connectivity index (χ3n) is 2.58. The van der Waals surface area contributed by atoms with Gasteiger partial charge in [0.05, 0.1) is 0 Å². The Bertz CT molecular complexity index is 181. The first-order chi connectivity index (χ1) is 6.72. The Hall–Kier alpha value is -0.220. The van der Waals surface area contributed by atoms with E-state index in [0.29, 0.717) is 17.7 Å². The van der Waals surface area contributed by atoms with Crippen molar-refractivity contribution >= 4 is 17.7 Å². The van der Waals surface area contributed by atoms with Gasteiger partial charge in [0.15, 0.2) is 0 Å². The lowest BCUT2D eigenvalue weighted by Gasteiger charge is -2.12. The fourth-order valence-electron chi connectivity index (χ4n) is 1.57. The minimum absolute atomic E-state index is 0.185. The minimum atomic E-state index is 0.185. The summed E-state index contributed by atoms with van der Waals surface area (Å²) >= 11 is 1.78. The van der Waals surface area contributed by atoms with Crippen molar-refractivity contribution in [1.82, 2.24) is 10.6 Å². The second-order valence-corrected chi connectivity index (χ2v) is 5.12. The molecule has 1 amide bonds. The quantitative estimate of drug-likeness (QED) is 0.720. The number of carbonyl (C=O) groups excluding carboxylic acids is 1. The maximum atomic E-state index is 11.5. The third kappa shape index (κ3) is 4.33. The molecule has 1 rings (SSSR count). The first-order valence-electron chi connectivity index (χ1n) is 5.25. The number of carbonyl (C=O) groups is 1. The summed E-state index contributed by atoms with van der Waals surface area (Å²) < 4.78 is 0. The molecule has 3 nitrogen and oxygen atoms in total. The lowest BCUT2D eigenvalue weighted by Crippen LogP contribution is -2.34. The highest BCUT2D eigenvalue weighted by molar-refractivity contribution is 7.99. The van der Waals surface area contributed by atoms with Crippen molar-refractivity contribution < 1.29 is 4.79 Å². The van der Waals surface area contributed by atoms with E-state index in [2.05, 4.69) is 23.8 Å². The van der Waals surface area contributed by atoms with Crippen LogP contribution < -0.4 is 10.6 Å². The lowest BCUT2D eigenvalue weighted by atomic mass is 10.1. The van der Waals surface area contributed by atoms with E-state index in [1.54, 1.807) is 11.8 Å². The van der Waals surface area contributed by atoms with Crippen molar-refractivity contribution in [3.63, 3.8) is 0 Å². The SMILES string of the molecule is CSC(C)CNC(=O)CC1CCCN1. The zero-order valence-corrected chi connectivity index (χ0v) is 9.82. The van der Waals surface area contributed by atoms with Crippen LogP contribution in [0.15, 0.2) is 0 Å². The van der Waals surface area contributed by atoms with Gasteiger partial charge >= 0.3 is 0 Å². The van der Waals surface area contributed by atoms with E-state index >= 15 is 0 Å². The second-order valence-electron chi connectivity index (χ2n) is 3.85. The topological polar surface area (TPSA) is 41.1 Å². The molecular formula is C10H20N2OS. The number of hydrogen-bond donors (Lipinski definition) is 2. The Morgan fingerprint density at radius 1 is 1.71 bits per heavy atom. The van der Waals surface area contributed by atoms with Crippen LogP contribution in [0.2, 0.25) is 0 Å². The van der Waals surface area contributed by atoms with Gasteiger partial charge in [0.1, 0.15) is 0 Å². The second kappa shape index (κ2) is 6.30. The molecule has 1 fully saturated rings. The van der Waals surface area contributed by atoms with E-state index < -0.39 is 0 Å². The first kappa shape index (κ1) is 11.9. The van der Waals surface area contributed by atoms with E-state index in [0.717, 1.165) is 19.5 Å². The van der Waals surface area contributed by atoms with Gasteiger partial charge in [0, 0.05) is 24.3 Å². The third-order valence-corrected chi connectivity index (χ3v) is 3.55. The molecule has 4 heteroatoms. The highest BCUT2D eigenvalue weighted by Crippen LogP contribution is 2.08. The molecule has 0 aromatic carbocycles. The number of thioether (sulfide) groups is 1. The van der Waals surface area contributed by atoms with Gasteiger partial charge in [0.2, 0.25) is 5.91 Å². The average molecular weight is 216 g/mol. The lowest BCUT2D eigenvalue weighted by molar-refractivity contribution is -0.121. The van der Waals surface area contributed by atoms with Crippen molar-refractivity contribution in [2.24, 2.45) is 0 Å². The summed E-state index contributed by atoms with van der Waals surface area (Å²) in [6, 6.07) is 0.416. The number of amides is 1. The van der Waals surface area contributed by atoms with Gasteiger partial charge in [-0.25, -0.2) is 0 Å². The maximum absolute atomic E-state index is 11.5. The Kier molecular flexibility index (Phi) is 5.33. The summed E-state index contributed by atoms with van der Waals surface area (Å²) in [5.74, 6) is 0.185. The molecule has 1 heterocycles. The molecule has 14 heavy (non-hydrogen) atoms. The van der Waals surface area contributed by atoms with Crippen LogP contribution in [0.1, 0.15) is 26.2 Å². The van der Waals surface area contributed by atoms with Crippen LogP contribution in [-0.4, -0.2) is 36.5 Å². The smallest absolute Gasteiger partial charge is 0.221 e. The predicted molar refractivity (Wildman–Crippen MR) is 61.6 cm³/mol. The van der Waals surface area contributed by atoms with Crippen molar-refractivity contribution in [2.45, 2.75) is 37.5 Å². The summed E-state index contributed by atoms with van der Waals surface area (Å²) in [6.45, 7) is 3.98. The number of nitrogens with one attached hydrogen (secondary N) is 2. The molecular weight excluding hydrogens is 196 g/mol. The minimum Gasteiger partial charge on any atom is -0.355 e. The van der Waals surface area contributed by atoms with E-state index in [-0.39, 0.29) is 5.91 Å². The van der Waals surface area contributed by atoms with Gasteiger partial charge in [-0.15, -0.1) is 0 Å². The van der Waals surface area contributed by atoms with E-state index in [4.69, 9.17) is 0 Å². The van der Waals surface area contributed by atoms with E-state index in [1.165, 1.54) is 6.42 Å². The Balaban J connectivity index is 2.09. The molecule has 1 aliphatic heterocycles. The predicted octanol–water partition coefficient (Wildman–Crippen LogP) is 0.996. The van der Waals surface area contributed by atoms with Gasteiger partial charge < -0.3 is 10.6 Å². The van der Waals surface area contributed by atoms with Crippen molar-refractivity contribution in [1.29, 1.82) is 0 Å². The van der Waals surface area contributed by atoms with Crippen LogP contribution in [0.4, 0.5) is 0 Å². The molecule has 1 saturated heterocycles. The number of rotatable bonds is 5. The van der Waals surface area contributed by atoms with Crippen LogP contribution in [0.3, 0.4) is 0 Å². The van der Waals surface area contributed by atoms with E-state index in [9.17, 15) is 4.79 Å². The van der Waals surface area contributed by atoms with E-state index in [1.807, 2.05) is 0 Å². The van der Waals surface area contributed by atoms with Gasteiger partial charge in [0.25, 0.3) is 0 Å². The Labute approximate surface area is 90.4 Å². The standard InChI is InChI=1S/C10H20N2OS/c1-8(14-2)7-12-10(13)6-9-4-3-5-11-9/h8-9,11H,3-7H2,1-2H3,(H,12,13). The van der Waals surface area contributed by atoms with Crippen LogP contribution in [0, 0.1) is 0 Å². The first-order valence-corrected chi connectivity index (χ1v) is 6.54. The zero-order valence-electron chi connectivity index (χ0n) is 9.01. The molecule has 0 saturated carbocycles. The zero-order chi connectivity index (χ0) is 10.4. The van der Waals surface area contributed by atoms with Crippen LogP contribution in [0.25, 0.3) is 0 Å². The van der Waals surface area contributed by atoms with Crippen LogP contribution >= 0.6 is 11.8 Å². The molecule has 0 aliphatic carbocycles. The van der Waals surface area contributed by atoms with Crippen molar-refractivity contribution in [2.75, 3.05) is 19.3 Å². The van der Waals surface area contributed by atoms with Gasteiger partial charge in [-0.3, -0.25) is 4.79 Å².